The summed E-state index contributed by atoms with van der Waals surface area (Å²) in [5, 5.41) is 2.55. The van der Waals surface area contributed by atoms with Gasteiger partial charge >= 0.3 is 0 Å². The summed E-state index contributed by atoms with van der Waals surface area (Å²) in [5.41, 5.74) is 6.04. The average molecular weight is 274 g/mol. The maximum atomic E-state index is 12.0. The molecule has 0 fully saturated rings. The first-order valence-electron chi connectivity index (χ1n) is 5.76. The third-order valence-corrected chi connectivity index (χ3v) is 2.51. The predicted octanol–water partition coefficient (Wildman–Crippen LogP) is 1.33. The first kappa shape index (κ1) is 13.6. The number of benzene rings is 1. The summed E-state index contributed by atoms with van der Waals surface area (Å²) in [6, 6.07) is 8.11. The van der Waals surface area contributed by atoms with E-state index in [2.05, 4.69) is 15.3 Å². The molecule has 3 N–H and O–H groups in total. The molecular weight excluding hydrogens is 260 g/mol. The Bertz CT molecular complexity index is 614. The summed E-state index contributed by atoms with van der Waals surface area (Å²) >= 11 is 0. The van der Waals surface area contributed by atoms with Crippen LogP contribution in [0.5, 0.6) is 11.6 Å². The van der Waals surface area contributed by atoms with Crippen LogP contribution < -0.4 is 20.5 Å². The van der Waals surface area contributed by atoms with Crippen LogP contribution in [-0.4, -0.2) is 30.1 Å². The largest absolute Gasteiger partial charge is 0.497 e. The smallest absolute Gasteiger partial charge is 0.258 e. The summed E-state index contributed by atoms with van der Waals surface area (Å²) in [6.45, 7) is 0. The second-order valence-corrected chi connectivity index (χ2v) is 3.84. The zero-order valence-electron chi connectivity index (χ0n) is 11.1. The van der Waals surface area contributed by atoms with Gasteiger partial charge in [-0.15, -0.1) is 0 Å². The quantitative estimate of drug-likeness (QED) is 0.872. The molecule has 2 rings (SSSR count). The molecule has 0 saturated carbocycles. The number of hydrogen-bond donors (Lipinski definition) is 2. The second kappa shape index (κ2) is 5.87. The van der Waals surface area contributed by atoms with Gasteiger partial charge in [0.15, 0.2) is 0 Å². The molecule has 1 aromatic carbocycles. The van der Waals surface area contributed by atoms with Gasteiger partial charge in [0.25, 0.3) is 5.91 Å². The van der Waals surface area contributed by atoms with Crippen LogP contribution in [-0.2, 0) is 0 Å². The number of nitrogens with two attached hydrogens (primary N) is 1. The highest BCUT2D eigenvalue weighted by molar-refractivity contribution is 6.03. The average Bonchev–Trinajstić information content (AvgIpc) is 2.46. The fourth-order valence-corrected chi connectivity index (χ4v) is 1.52. The van der Waals surface area contributed by atoms with E-state index in [4.69, 9.17) is 15.2 Å². The maximum Gasteiger partial charge on any atom is 0.258 e. The molecule has 20 heavy (non-hydrogen) atoms. The van der Waals surface area contributed by atoms with E-state index in [0.717, 1.165) is 0 Å². The van der Waals surface area contributed by atoms with Crippen molar-refractivity contribution in [2.75, 3.05) is 25.3 Å². The number of rotatable bonds is 4. The van der Waals surface area contributed by atoms with Gasteiger partial charge in [-0.05, 0) is 24.3 Å². The highest BCUT2D eigenvalue weighted by Gasteiger charge is 2.09. The first-order valence-corrected chi connectivity index (χ1v) is 5.76. The number of carbonyl (C=O) groups excluding carboxylic acids is 1. The number of aromatic nitrogens is 2. The van der Waals surface area contributed by atoms with Crippen molar-refractivity contribution in [1.29, 1.82) is 0 Å². The molecule has 0 atom stereocenters. The van der Waals surface area contributed by atoms with Crippen molar-refractivity contribution in [3.8, 4) is 11.6 Å². The Morgan fingerprint density at radius 1 is 1.15 bits per heavy atom. The number of carbonyl (C=O) groups is 1. The van der Waals surface area contributed by atoms with Crippen LogP contribution in [0.2, 0.25) is 0 Å². The summed E-state index contributed by atoms with van der Waals surface area (Å²) in [4.78, 5) is 19.9. The molecule has 1 amide bonds. The monoisotopic (exact) mass is 274 g/mol. The van der Waals surface area contributed by atoms with Gasteiger partial charge in [0.1, 0.15) is 11.6 Å². The van der Waals surface area contributed by atoms with Gasteiger partial charge in [0.2, 0.25) is 11.8 Å². The third-order valence-electron chi connectivity index (χ3n) is 2.51. The lowest BCUT2D eigenvalue weighted by molar-refractivity contribution is 0.102. The number of methoxy groups -OCH3 is 2. The molecule has 0 saturated heterocycles. The van der Waals surface area contributed by atoms with Crippen molar-refractivity contribution < 1.29 is 14.3 Å². The maximum absolute atomic E-state index is 12.0. The molecule has 2 aromatic rings. The van der Waals surface area contributed by atoms with E-state index >= 15 is 0 Å². The lowest BCUT2D eigenvalue weighted by Gasteiger charge is -2.07. The zero-order chi connectivity index (χ0) is 14.5. The second-order valence-electron chi connectivity index (χ2n) is 3.84. The Morgan fingerprint density at radius 2 is 1.85 bits per heavy atom. The minimum Gasteiger partial charge on any atom is -0.497 e. The standard InChI is InChI=1S/C13H14N4O3/c1-19-9-5-3-8(4-6-9)12(18)17-13-15-10(14)7-11(16-13)20-2/h3-7H,1-2H3,(H3,14,15,16,17,18). The topological polar surface area (TPSA) is 99.4 Å². The lowest BCUT2D eigenvalue weighted by atomic mass is 10.2. The van der Waals surface area contributed by atoms with E-state index in [9.17, 15) is 4.79 Å². The van der Waals surface area contributed by atoms with Crippen LogP contribution in [0.3, 0.4) is 0 Å². The van der Waals surface area contributed by atoms with Gasteiger partial charge in [-0.1, -0.05) is 0 Å². The lowest BCUT2D eigenvalue weighted by Crippen LogP contribution is -2.15. The van der Waals surface area contributed by atoms with E-state index < -0.39 is 0 Å². The Hall–Kier alpha value is -2.83. The molecule has 0 aliphatic rings. The fraction of sp³-hybridized carbons (Fsp3) is 0.154. The van der Waals surface area contributed by atoms with Gasteiger partial charge in [0, 0.05) is 11.6 Å². The Morgan fingerprint density at radius 3 is 2.45 bits per heavy atom. The number of nitrogens with zero attached hydrogens (tertiary/aromatic N) is 2. The number of hydrogen-bond acceptors (Lipinski definition) is 6. The number of nitrogens with one attached hydrogen (secondary N) is 1. The molecule has 1 aromatic heterocycles. The van der Waals surface area contributed by atoms with Crippen molar-refractivity contribution in [2.45, 2.75) is 0 Å². The Labute approximate surface area is 115 Å². The molecule has 0 aliphatic carbocycles. The van der Waals surface area contributed by atoms with Crippen LogP contribution in [0.25, 0.3) is 0 Å². The van der Waals surface area contributed by atoms with Crippen LogP contribution >= 0.6 is 0 Å². The molecule has 7 nitrogen and oxygen atoms in total. The van der Waals surface area contributed by atoms with Crippen molar-refractivity contribution in [2.24, 2.45) is 0 Å². The number of anilines is 2. The van der Waals surface area contributed by atoms with E-state index in [-0.39, 0.29) is 23.6 Å². The summed E-state index contributed by atoms with van der Waals surface area (Å²) in [5.74, 6) is 0.899. The molecule has 0 spiro atoms. The minimum absolute atomic E-state index is 0.0858. The van der Waals surface area contributed by atoms with Crippen LogP contribution in [0.1, 0.15) is 10.4 Å². The third kappa shape index (κ3) is 3.14. The summed E-state index contributed by atoms with van der Waals surface area (Å²) in [7, 11) is 3.01. The normalized spacial score (nSPS) is 9.90. The van der Waals surface area contributed by atoms with Crippen LogP contribution in [0.4, 0.5) is 11.8 Å². The molecular formula is C13H14N4O3. The minimum atomic E-state index is -0.347. The van der Waals surface area contributed by atoms with E-state index in [0.29, 0.717) is 11.3 Å². The molecule has 104 valence electrons. The Balaban J connectivity index is 2.16. The number of nitrogen functional groups attached to an aromatic ring is 1. The van der Waals surface area contributed by atoms with Crippen molar-refractivity contribution >= 4 is 17.7 Å². The number of ether oxygens (including phenoxy) is 2. The molecule has 1 heterocycles. The van der Waals surface area contributed by atoms with Gasteiger partial charge < -0.3 is 15.2 Å². The first-order chi connectivity index (χ1) is 9.62. The highest BCUT2D eigenvalue weighted by Crippen LogP contribution is 2.15. The van der Waals surface area contributed by atoms with Gasteiger partial charge in [0.05, 0.1) is 14.2 Å². The molecule has 7 heteroatoms. The van der Waals surface area contributed by atoms with Crippen molar-refractivity contribution in [1.82, 2.24) is 9.97 Å². The number of amides is 1. The van der Waals surface area contributed by atoms with E-state index in [1.165, 1.54) is 13.2 Å². The SMILES string of the molecule is COc1ccc(C(=O)Nc2nc(N)cc(OC)n2)cc1. The fourth-order valence-electron chi connectivity index (χ4n) is 1.52. The predicted molar refractivity (Wildman–Crippen MR) is 73.9 cm³/mol. The summed E-state index contributed by atoms with van der Waals surface area (Å²) in [6.07, 6.45) is 0. The van der Waals surface area contributed by atoms with Gasteiger partial charge in [-0.2, -0.15) is 9.97 Å². The highest BCUT2D eigenvalue weighted by atomic mass is 16.5. The van der Waals surface area contributed by atoms with Crippen LogP contribution in [0.15, 0.2) is 30.3 Å². The van der Waals surface area contributed by atoms with Crippen LogP contribution in [0, 0.1) is 0 Å². The van der Waals surface area contributed by atoms with Gasteiger partial charge in [-0.3, -0.25) is 10.1 Å². The van der Waals surface area contributed by atoms with Crippen molar-refractivity contribution in [3.05, 3.63) is 35.9 Å². The zero-order valence-corrected chi connectivity index (χ0v) is 11.1. The Kier molecular flexibility index (Phi) is 3.99. The van der Waals surface area contributed by atoms with Gasteiger partial charge in [-0.25, -0.2) is 0 Å². The molecule has 0 bridgehead atoms. The van der Waals surface area contributed by atoms with E-state index in [1.807, 2.05) is 0 Å². The molecule has 0 radical (unpaired) electrons. The summed E-state index contributed by atoms with van der Waals surface area (Å²) < 4.78 is 9.98. The molecule has 0 aliphatic heterocycles. The van der Waals surface area contributed by atoms with Crippen molar-refractivity contribution in [3.63, 3.8) is 0 Å². The molecule has 0 unspecified atom stereocenters. The van der Waals surface area contributed by atoms with E-state index in [1.54, 1.807) is 31.4 Å².